The van der Waals surface area contributed by atoms with Crippen molar-refractivity contribution < 1.29 is 18.5 Å². The van der Waals surface area contributed by atoms with Crippen LogP contribution in [0.25, 0.3) is 0 Å². The molecule has 1 N–H and O–H groups in total. The molecule has 2 aromatic heterocycles. The Morgan fingerprint density at radius 3 is 2.64 bits per heavy atom. The van der Waals surface area contributed by atoms with E-state index < -0.39 is 5.82 Å². The number of aromatic nitrogens is 2. The summed E-state index contributed by atoms with van der Waals surface area (Å²) in [4.78, 5) is 30.4. The van der Waals surface area contributed by atoms with Crippen LogP contribution < -0.4 is 5.32 Å². The van der Waals surface area contributed by atoms with Gasteiger partial charge >= 0.3 is 0 Å². The van der Waals surface area contributed by atoms with Gasteiger partial charge in [-0.15, -0.1) is 0 Å². The molecule has 3 aromatic rings. The van der Waals surface area contributed by atoms with E-state index in [1.807, 2.05) is 25.1 Å². The van der Waals surface area contributed by atoms with Crippen molar-refractivity contribution >= 4 is 11.8 Å². The van der Waals surface area contributed by atoms with Crippen molar-refractivity contribution in [1.29, 1.82) is 0 Å². The molecule has 0 aliphatic carbocycles. The standard InChI is InChI=1S/C20H19FN4O3/c1-13(17-5-3-4-10-22-17)25(2)20(27)18-11-16(28-24-18)12-23-19(26)14-6-8-15(21)9-7-14/h3-11,13H,12H2,1-2H3,(H,23,26). The Morgan fingerprint density at radius 2 is 1.96 bits per heavy atom. The van der Waals surface area contributed by atoms with Crippen molar-refractivity contribution in [3.63, 3.8) is 0 Å². The Labute approximate surface area is 161 Å². The summed E-state index contributed by atoms with van der Waals surface area (Å²) < 4.78 is 18.1. The average Bonchev–Trinajstić information content (AvgIpc) is 3.20. The molecule has 3 rings (SSSR count). The summed E-state index contributed by atoms with van der Waals surface area (Å²) in [6.45, 7) is 1.92. The minimum Gasteiger partial charge on any atom is -0.359 e. The van der Waals surface area contributed by atoms with Gasteiger partial charge in [-0.1, -0.05) is 11.2 Å². The van der Waals surface area contributed by atoms with E-state index in [4.69, 9.17) is 4.52 Å². The number of amides is 2. The number of benzene rings is 1. The zero-order chi connectivity index (χ0) is 20.1. The molecule has 0 aliphatic rings. The van der Waals surface area contributed by atoms with Gasteiger partial charge in [-0.3, -0.25) is 14.6 Å². The summed E-state index contributed by atoms with van der Waals surface area (Å²) in [5.74, 6) is -0.792. The maximum absolute atomic E-state index is 12.9. The lowest BCUT2D eigenvalue weighted by Crippen LogP contribution is -2.30. The minimum atomic E-state index is -0.418. The molecule has 2 heterocycles. The van der Waals surface area contributed by atoms with Gasteiger partial charge in [-0.25, -0.2) is 4.39 Å². The molecule has 1 aromatic carbocycles. The van der Waals surface area contributed by atoms with Crippen LogP contribution in [0, 0.1) is 5.82 Å². The second-order valence-corrected chi connectivity index (χ2v) is 6.21. The molecule has 1 unspecified atom stereocenters. The van der Waals surface area contributed by atoms with Crippen LogP contribution in [0.4, 0.5) is 4.39 Å². The summed E-state index contributed by atoms with van der Waals surface area (Å²) in [6, 6.07) is 11.9. The lowest BCUT2D eigenvalue weighted by molar-refractivity contribution is 0.0728. The van der Waals surface area contributed by atoms with Crippen LogP contribution >= 0.6 is 0 Å². The normalized spacial score (nSPS) is 11.7. The Morgan fingerprint density at radius 1 is 1.21 bits per heavy atom. The number of carbonyl (C=O) groups is 2. The second kappa shape index (κ2) is 8.43. The Bertz CT molecular complexity index is 957. The molecular formula is C20H19FN4O3. The lowest BCUT2D eigenvalue weighted by atomic mass is 10.2. The monoisotopic (exact) mass is 382 g/mol. The summed E-state index contributed by atoms with van der Waals surface area (Å²) in [5.41, 5.74) is 1.21. The van der Waals surface area contributed by atoms with Crippen LogP contribution in [-0.2, 0) is 6.54 Å². The molecule has 28 heavy (non-hydrogen) atoms. The number of halogens is 1. The van der Waals surface area contributed by atoms with Gasteiger partial charge in [-0.2, -0.15) is 0 Å². The van der Waals surface area contributed by atoms with Gasteiger partial charge < -0.3 is 14.7 Å². The first-order chi connectivity index (χ1) is 13.5. The third-order valence-corrected chi connectivity index (χ3v) is 4.32. The van der Waals surface area contributed by atoms with E-state index in [9.17, 15) is 14.0 Å². The van der Waals surface area contributed by atoms with Gasteiger partial charge in [0.25, 0.3) is 11.8 Å². The maximum Gasteiger partial charge on any atom is 0.276 e. The summed E-state index contributed by atoms with van der Waals surface area (Å²) >= 11 is 0. The van der Waals surface area contributed by atoms with Crippen molar-refractivity contribution in [2.24, 2.45) is 0 Å². The van der Waals surface area contributed by atoms with Crippen molar-refractivity contribution in [1.82, 2.24) is 20.4 Å². The molecule has 0 aliphatic heterocycles. The van der Waals surface area contributed by atoms with Crippen LogP contribution in [0.1, 0.15) is 45.3 Å². The van der Waals surface area contributed by atoms with Gasteiger partial charge in [0.1, 0.15) is 5.82 Å². The fourth-order valence-corrected chi connectivity index (χ4v) is 2.55. The van der Waals surface area contributed by atoms with E-state index >= 15 is 0 Å². The lowest BCUT2D eigenvalue weighted by Gasteiger charge is -2.23. The number of pyridine rings is 1. The smallest absolute Gasteiger partial charge is 0.276 e. The summed E-state index contributed by atoms with van der Waals surface area (Å²) in [5, 5.41) is 6.42. The second-order valence-electron chi connectivity index (χ2n) is 6.21. The Balaban J connectivity index is 1.60. The van der Waals surface area contributed by atoms with Crippen LogP contribution in [0.15, 0.2) is 59.3 Å². The first kappa shape index (κ1) is 19.2. The highest BCUT2D eigenvalue weighted by Crippen LogP contribution is 2.18. The molecule has 0 radical (unpaired) electrons. The fourth-order valence-electron chi connectivity index (χ4n) is 2.55. The maximum atomic E-state index is 12.9. The number of rotatable bonds is 6. The van der Waals surface area contributed by atoms with E-state index in [0.717, 1.165) is 5.69 Å². The Hall–Kier alpha value is -3.55. The van der Waals surface area contributed by atoms with Gasteiger partial charge in [0.05, 0.1) is 18.3 Å². The van der Waals surface area contributed by atoms with Crippen LogP contribution in [0.3, 0.4) is 0 Å². The van der Waals surface area contributed by atoms with Gasteiger partial charge in [0, 0.05) is 24.9 Å². The zero-order valence-electron chi connectivity index (χ0n) is 15.4. The van der Waals surface area contributed by atoms with Gasteiger partial charge in [0.15, 0.2) is 11.5 Å². The van der Waals surface area contributed by atoms with Crippen molar-refractivity contribution in [2.75, 3.05) is 7.05 Å². The molecule has 7 nitrogen and oxygen atoms in total. The van der Waals surface area contributed by atoms with Crippen molar-refractivity contribution in [2.45, 2.75) is 19.5 Å². The molecular weight excluding hydrogens is 363 g/mol. The third-order valence-electron chi connectivity index (χ3n) is 4.32. The van der Waals surface area contributed by atoms with Crippen molar-refractivity contribution in [3.05, 3.63) is 83.3 Å². The molecule has 0 spiro atoms. The quantitative estimate of drug-likeness (QED) is 0.708. The highest BCUT2D eigenvalue weighted by Gasteiger charge is 2.23. The number of nitrogens with one attached hydrogen (secondary N) is 1. The topological polar surface area (TPSA) is 88.3 Å². The fraction of sp³-hybridized carbons (Fsp3) is 0.200. The number of nitrogens with zero attached hydrogens (tertiary/aromatic N) is 3. The Kier molecular flexibility index (Phi) is 5.78. The number of hydrogen-bond acceptors (Lipinski definition) is 5. The highest BCUT2D eigenvalue weighted by molar-refractivity contribution is 5.94. The first-order valence-electron chi connectivity index (χ1n) is 8.63. The SMILES string of the molecule is CC(c1ccccn1)N(C)C(=O)c1cc(CNC(=O)c2ccc(F)cc2)on1. The van der Waals surface area contributed by atoms with Crippen molar-refractivity contribution in [3.8, 4) is 0 Å². The number of carbonyl (C=O) groups excluding carboxylic acids is 2. The van der Waals surface area contributed by atoms with E-state index in [1.165, 1.54) is 35.2 Å². The van der Waals surface area contributed by atoms with E-state index in [2.05, 4.69) is 15.5 Å². The molecule has 8 heteroatoms. The van der Waals surface area contributed by atoms with Gasteiger partial charge in [0.2, 0.25) is 0 Å². The summed E-state index contributed by atoms with van der Waals surface area (Å²) in [6.07, 6.45) is 1.67. The zero-order valence-corrected chi connectivity index (χ0v) is 15.4. The van der Waals surface area contributed by atoms with E-state index in [-0.39, 0.29) is 30.1 Å². The molecule has 0 fully saturated rings. The predicted molar refractivity (Wildman–Crippen MR) is 98.8 cm³/mol. The third kappa shape index (κ3) is 4.40. The minimum absolute atomic E-state index is 0.0516. The van der Waals surface area contributed by atoms with E-state index in [1.54, 1.807) is 13.2 Å². The van der Waals surface area contributed by atoms with E-state index in [0.29, 0.717) is 11.3 Å². The molecule has 0 bridgehead atoms. The van der Waals surface area contributed by atoms with Crippen LogP contribution in [0.2, 0.25) is 0 Å². The molecule has 2 amide bonds. The van der Waals surface area contributed by atoms with Crippen LogP contribution in [0.5, 0.6) is 0 Å². The molecule has 144 valence electrons. The van der Waals surface area contributed by atoms with Crippen LogP contribution in [-0.4, -0.2) is 33.9 Å². The molecule has 0 saturated heterocycles. The average molecular weight is 382 g/mol. The predicted octanol–water partition coefficient (Wildman–Crippen LogP) is 2.97. The van der Waals surface area contributed by atoms with Gasteiger partial charge in [-0.05, 0) is 43.3 Å². The highest BCUT2D eigenvalue weighted by atomic mass is 19.1. The molecule has 1 atom stereocenters. The molecule has 0 saturated carbocycles. The largest absolute Gasteiger partial charge is 0.359 e. The first-order valence-corrected chi connectivity index (χ1v) is 8.63. The number of hydrogen-bond donors (Lipinski definition) is 1. The summed E-state index contributed by atoms with van der Waals surface area (Å²) in [7, 11) is 1.66.